The summed E-state index contributed by atoms with van der Waals surface area (Å²) in [7, 11) is 0. The van der Waals surface area contributed by atoms with E-state index in [1.165, 1.54) is 12.8 Å². The van der Waals surface area contributed by atoms with Crippen LogP contribution in [0.2, 0.25) is 0 Å². The minimum Gasteiger partial charge on any atom is -0.390 e. The van der Waals surface area contributed by atoms with Crippen molar-refractivity contribution in [3.8, 4) is 0 Å². The molecular formula is C18H23ClN4O2. The Kier molecular flexibility index (Phi) is 3.74. The number of hydrogen-bond donors (Lipinski definition) is 4. The maximum absolute atomic E-state index is 11.9. The number of pyridine rings is 1. The van der Waals surface area contributed by atoms with E-state index in [1.807, 2.05) is 12.3 Å². The Balaban J connectivity index is 0.00000157. The zero-order valence-electron chi connectivity index (χ0n) is 13.9. The fourth-order valence-electron chi connectivity index (χ4n) is 5.73. The Morgan fingerprint density at radius 2 is 2.04 bits per heavy atom. The molecule has 0 radical (unpaired) electrons. The summed E-state index contributed by atoms with van der Waals surface area (Å²) in [6, 6.07) is 2.22. The Bertz CT molecular complexity index is 820. The van der Waals surface area contributed by atoms with Crippen molar-refractivity contribution in [3.05, 3.63) is 24.0 Å². The van der Waals surface area contributed by atoms with Gasteiger partial charge in [-0.3, -0.25) is 4.79 Å². The maximum atomic E-state index is 11.9. The van der Waals surface area contributed by atoms with E-state index in [1.54, 1.807) is 6.20 Å². The lowest BCUT2D eigenvalue weighted by atomic mass is 9.52. The summed E-state index contributed by atoms with van der Waals surface area (Å²) in [5, 5.41) is 15.3. The molecule has 7 heteroatoms. The van der Waals surface area contributed by atoms with Crippen LogP contribution in [0.1, 0.15) is 42.5 Å². The van der Waals surface area contributed by atoms with Crippen LogP contribution in [0.25, 0.3) is 11.0 Å². The van der Waals surface area contributed by atoms with Crippen LogP contribution in [0, 0.1) is 17.8 Å². The normalized spacial score (nSPS) is 35.6. The standard InChI is InChI=1S/C18H22N4O2.ClH/c19-16(23)13-8-21-17-12(1-2-20-17)15(13)22-14-10-3-9-4-11(14)7-18(24,5-9)6-10;/h1-2,8-11,14,24H,3-7H2,(H2,19,23)(H2,20,21,22);1H/t9-,10-,11+,14-,18-;. The van der Waals surface area contributed by atoms with E-state index in [2.05, 4.69) is 15.3 Å². The highest BCUT2D eigenvalue weighted by Crippen LogP contribution is 2.56. The summed E-state index contributed by atoms with van der Waals surface area (Å²) in [6.07, 6.45) is 8.42. The van der Waals surface area contributed by atoms with Crippen molar-refractivity contribution in [3.63, 3.8) is 0 Å². The van der Waals surface area contributed by atoms with E-state index in [0.29, 0.717) is 29.4 Å². The van der Waals surface area contributed by atoms with Gasteiger partial charge in [0.05, 0.1) is 16.9 Å². The molecule has 0 aliphatic heterocycles. The molecule has 134 valence electrons. The number of nitrogens with zero attached hydrogens (tertiary/aromatic N) is 1. The molecule has 5 atom stereocenters. The summed E-state index contributed by atoms with van der Waals surface area (Å²) < 4.78 is 0. The number of carbonyl (C=O) groups is 1. The molecule has 25 heavy (non-hydrogen) atoms. The molecule has 4 aliphatic rings. The molecule has 6 rings (SSSR count). The lowest BCUT2D eigenvalue weighted by Crippen LogP contribution is -2.59. The van der Waals surface area contributed by atoms with E-state index in [4.69, 9.17) is 5.73 Å². The highest BCUT2D eigenvalue weighted by Gasteiger charge is 2.54. The molecule has 0 aromatic carbocycles. The van der Waals surface area contributed by atoms with Crippen LogP contribution < -0.4 is 11.1 Å². The van der Waals surface area contributed by atoms with Crippen LogP contribution in [-0.4, -0.2) is 32.6 Å². The zero-order valence-corrected chi connectivity index (χ0v) is 14.7. The third-order valence-electron chi connectivity index (χ3n) is 6.40. The number of aromatic amines is 1. The highest BCUT2D eigenvalue weighted by molar-refractivity contribution is 6.06. The number of aliphatic hydroxyl groups is 1. The number of primary amides is 1. The monoisotopic (exact) mass is 362 g/mol. The number of aromatic nitrogens is 2. The predicted molar refractivity (Wildman–Crippen MR) is 97.8 cm³/mol. The molecule has 2 heterocycles. The molecule has 4 fully saturated rings. The Labute approximate surface area is 152 Å². The average Bonchev–Trinajstić information content (AvgIpc) is 2.97. The van der Waals surface area contributed by atoms with E-state index in [-0.39, 0.29) is 12.4 Å². The first kappa shape index (κ1) is 16.7. The first-order valence-electron chi connectivity index (χ1n) is 8.77. The number of H-pyrrole nitrogens is 1. The second-order valence-corrected chi connectivity index (χ2v) is 8.02. The lowest BCUT2D eigenvalue weighted by Gasteiger charge is -2.58. The van der Waals surface area contributed by atoms with Crippen LogP contribution in [0.15, 0.2) is 18.5 Å². The van der Waals surface area contributed by atoms with Gasteiger partial charge in [-0.2, -0.15) is 0 Å². The molecular weight excluding hydrogens is 340 g/mol. The van der Waals surface area contributed by atoms with Crippen molar-refractivity contribution in [2.75, 3.05) is 5.32 Å². The van der Waals surface area contributed by atoms with Crippen molar-refractivity contribution < 1.29 is 9.90 Å². The van der Waals surface area contributed by atoms with Gasteiger partial charge in [-0.25, -0.2) is 4.98 Å². The minimum atomic E-state index is -0.462. The average molecular weight is 363 g/mol. The molecule has 5 N–H and O–H groups in total. The SMILES string of the molecule is Cl.NC(=O)c1cnc2[nH]ccc2c1N[C@@H]1[C@@H]2C[C@@H]3C[C@H]1C[C@@](O)(C3)C2. The lowest BCUT2D eigenvalue weighted by molar-refractivity contribution is -0.129. The summed E-state index contributed by atoms with van der Waals surface area (Å²) in [4.78, 5) is 19.3. The van der Waals surface area contributed by atoms with Crippen LogP contribution in [0.3, 0.4) is 0 Å². The molecule has 0 saturated heterocycles. The van der Waals surface area contributed by atoms with Gasteiger partial charge in [0.25, 0.3) is 5.91 Å². The van der Waals surface area contributed by atoms with Crippen LogP contribution in [-0.2, 0) is 0 Å². The summed E-state index contributed by atoms with van der Waals surface area (Å²) in [6.45, 7) is 0. The van der Waals surface area contributed by atoms with Crippen molar-refractivity contribution in [2.24, 2.45) is 23.5 Å². The summed E-state index contributed by atoms with van der Waals surface area (Å²) in [5.41, 5.74) is 7.10. The second kappa shape index (κ2) is 5.61. The number of nitrogens with two attached hydrogens (primary N) is 1. The molecule has 1 amide bonds. The molecule has 0 unspecified atom stereocenters. The van der Waals surface area contributed by atoms with Gasteiger partial charge in [0.2, 0.25) is 0 Å². The number of rotatable bonds is 3. The van der Waals surface area contributed by atoms with Gasteiger partial charge < -0.3 is 21.1 Å². The van der Waals surface area contributed by atoms with Gasteiger partial charge in [0.1, 0.15) is 5.65 Å². The van der Waals surface area contributed by atoms with E-state index < -0.39 is 11.5 Å². The third kappa shape index (κ3) is 2.50. The Morgan fingerprint density at radius 1 is 1.32 bits per heavy atom. The van der Waals surface area contributed by atoms with Gasteiger partial charge in [-0.05, 0) is 55.9 Å². The number of fused-ring (bicyclic) bond motifs is 1. The Hall–Kier alpha value is -1.79. The van der Waals surface area contributed by atoms with Gasteiger partial charge in [-0.15, -0.1) is 12.4 Å². The molecule has 4 saturated carbocycles. The van der Waals surface area contributed by atoms with Gasteiger partial charge >= 0.3 is 0 Å². The number of halogens is 1. The van der Waals surface area contributed by atoms with Crippen molar-refractivity contribution in [2.45, 2.75) is 43.7 Å². The fraction of sp³-hybridized carbons (Fsp3) is 0.556. The summed E-state index contributed by atoms with van der Waals surface area (Å²) >= 11 is 0. The van der Waals surface area contributed by atoms with Gasteiger partial charge in [-0.1, -0.05) is 0 Å². The topological polar surface area (TPSA) is 104 Å². The largest absolute Gasteiger partial charge is 0.390 e. The number of amides is 1. The molecule has 4 aliphatic carbocycles. The predicted octanol–water partition coefficient (Wildman–Crippen LogP) is 2.44. The number of carbonyl (C=O) groups excluding carboxylic acids is 1. The van der Waals surface area contributed by atoms with Gasteiger partial charge in [0, 0.05) is 23.8 Å². The number of anilines is 1. The quantitative estimate of drug-likeness (QED) is 0.673. The van der Waals surface area contributed by atoms with Crippen LogP contribution >= 0.6 is 12.4 Å². The summed E-state index contributed by atoms with van der Waals surface area (Å²) in [5.74, 6) is 1.12. The molecule has 4 bridgehead atoms. The van der Waals surface area contributed by atoms with E-state index >= 15 is 0 Å². The third-order valence-corrected chi connectivity index (χ3v) is 6.40. The van der Waals surface area contributed by atoms with Crippen LogP contribution in [0.4, 0.5) is 5.69 Å². The number of hydrogen-bond acceptors (Lipinski definition) is 4. The molecule has 6 nitrogen and oxygen atoms in total. The zero-order chi connectivity index (χ0) is 16.5. The van der Waals surface area contributed by atoms with Crippen LogP contribution in [0.5, 0.6) is 0 Å². The van der Waals surface area contributed by atoms with Crippen molar-refractivity contribution >= 4 is 35.0 Å². The number of nitrogens with one attached hydrogen (secondary N) is 2. The van der Waals surface area contributed by atoms with E-state index in [0.717, 1.165) is 36.0 Å². The van der Waals surface area contributed by atoms with E-state index in [9.17, 15) is 9.90 Å². The highest BCUT2D eigenvalue weighted by atomic mass is 35.5. The van der Waals surface area contributed by atoms with Crippen molar-refractivity contribution in [1.82, 2.24) is 9.97 Å². The molecule has 2 aromatic rings. The fourth-order valence-corrected chi connectivity index (χ4v) is 5.73. The first-order chi connectivity index (χ1) is 11.5. The maximum Gasteiger partial charge on any atom is 0.252 e. The molecule has 0 spiro atoms. The second-order valence-electron chi connectivity index (χ2n) is 8.02. The molecule has 2 aromatic heterocycles. The Morgan fingerprint density at radius 3 is 2.68 bits per heavy atom. The first-order valence-corrected chi connectivity index (χ1v) is 8.77. The van der Waals surface area contributed by atoms with Gasteiger partial charge in [0.15, 0.2) is 0 Å². The smallest absolute Gasteiger partial charge is 0.252 e. The van der Waals surface area contributed by atoms with Crippen molar-refractivity contribution in [1.29, 1.82) is 0 Å². The minimum absolute atomic E-state index is 0.